The van der Waals surface area contributed by atoms with E-state index in [-0.39, 0.29) is 12.5 Å². The van der Waals surface area contributed by atoms with Crippen LogP contribution in [0.3, 0.4) is 0 Å². The molecule has 1 aliphatic carbocycles. The monoisotopic (exact) mass is 251 g/mol. The van der Waals surface area contributed by atoms with Gasteiger partial charge in [-0.2, -0.15) is 17.6 Å². The Morgan fingerprint density at radius 1 is 1.41 bits per heavy atom. The van der Waals surface area contributed by atoms with Crippen molar-refractivity contribution in [1.82, 2.24) is 15.0 Å². The van der Waals surface area contributed by atoms with Crippen molar-refractivity contribution in [2.45, 2.75) is 44.6 Å². The summed E-state index contributed by atoms with van der Waals surface area (Å²) in [5.74, 6) is -9.04. The maximum Gasteiger partial charge on any atom is 0.314 e. The highest BCUT2D eigenvalue weighted by Gasteiger charge is 2.71. The van der Waals surface area contributed by atoms with Gasteiger partial charge in [-0.3, -0.25) is 4.68 Å². The molecular weight excluding hydrogens is 238 g/mol. The van der Waals surface area contributed by atoms with Gasteiger partial charge in [0.05, 0.1) is 18.2 Å². The fourth-order valence-corrected chi connectivity index (χ4v) is 1.81. The Hall–Kier alpha value is -1.14. The molecule has 1 heterocycles. The number of rotatable bonds is 3. The highest BCUT2D eigenvalue weighted by atomic mass is 19.3. The van der Waals surface area contributed by atoms with Crippen LogP contribution < -0.4 is 0 Å². The van der Waals surface area contributed by atoms with Crippen LogP contribution >= 0.6 is 0 Å². The summed E-state index contributed by atoms with van der Waals surface area (Å²) in [4.78, 5) is 0. The van der Waals surface area contributed by atoms with Crippen LogP contribution in [0.5, 0.6) is 0 Å². The quantitative estimate of drug-likeness (QED) is 0.773. The van der Waals surface area contributed by atoms with E-state index in [0.29, 0.717) is 5.69 Å². The maximum absolute atomic E-state index is 13.0. The minimum absolute atomic E-state index is 0.132. The van der Waals surface area contributed by atoms with Gasteiger partial charge >= 0.3 is 11.8 Å². The van der Waals surface area contributed by atoms with E-state index in [1.54, 1.807) is 0 Å². The molecule has 2 rings (SSSR count). The van der Waals surface area contributed by atoms with Gasteiger partial charge in [-0.05, 0) is 5.92 Å². The molecule has 96 valence electrons. The van der Waals surface area contributed by atoms with E-state index >= 15 is 0 Å². The second-order valence-corrected chi connectivity index (χ2v) is 4.75. The fourth-order valence-electron chi connectivity index (χ4n) is 1.81. The molecular formula is C10H13F4N3. The fraction of sp³-hybridized carbons (Fsp3) is 0.800. The molecule has 7 heteroatoms. The van der Waals surface area contributed by atoms with Crippen molar-refractivity contribution in [3.8, 4) is 0 Å². The number of hydrogen-bond acceptors (Lipinski definition) is 2. The number of alkyl halides is 4. The molecule has 3 nitrogen and oxygen atoms in total. The van der Waals surface area contributed by atoms with Crippen molar-refractivity contribution >= 4 is 0 Å². The van der Waals surface area contributed by atoms with Gasteiger partial charge in [-0.15, -0.1) is 5.10 Å². The summed E-state index contributed by atoms with van der Waals surface area (Å²) in [5, 5.41) is 7.45. The highest BCUT2D eigenvalue weighted by molar-refractivity contribution is 5.04. The number of aromatic nitrogens is 3. The van der Waals surface area contributed by atoms with Gasteiger partial charge in [0.15, 0.2) is 0 Å². The van der Waals surface area contributed by atoms with Crippen LogP contribution in [0.4, 0.5) is 17.6 Å². The Balaban J connectivity index is 2.03. The number of hydrogen-bond donors (Lipinski definition) is 0. The van der Waals surface area contributed by atoms with Gasteiger partial charge in [-0.1, -0.05) is 19.1 Å². The van der Waals surface area contributed by atoms with E-state index in [4.69, 9.17) is 0 Å². The first-order valence-electron chi connectivity index (χ1n) is 5.39. The minimum atomic E-state index is -3.93. The van der Waals surface area contributed by atoms with Crippen LogP contribution in [0, 0.1) is 5.92 Å². The lowest BCUT2D eigenvalue weighted by atomic mass is 9.77. The predicted molar refractivity (Wildman–Crippen MR) is 52.1 cm³/mol. The van der Waals surface area contributed by atoms with Gasteiger partial charge < -0.3 is 0 Å². The minimum Gasteiger partial charge on any atom is -0.252 e. The summed E-state index contributed by atoms with van der Waals surface area (Å²) in [7, 11) is 0. The van der Waals surface area contributed by atoms with E-state index in [0.717, 1.165) is 0 Å². The van der Waals surface area contributed by atoms with Crippen LogP contribution in [0.2, 0.25) is 0 Å². The van der Waals surface area contributed by atoms with Crippen molar-refractivity contribution in [2.75, 3.05) is 0 Å². The van der Waals surface area contributed by atoms with Crippen molar-refractivity contribution < 1.29 is 17.6 Å². The summed E-state index contributed by atoms with van der Waals surface area (Å²) in [5.41, 5.74) is 0.666. The summed E-state index contributed by atoms with van der Waals surface area (Å²) in [6, 6.07) is 0. The zero-order chi connectivity index (χ0) is 12.8. The third-order valence-electron chi connectivity index (χ3n) is 3.06. The molecule has 0 bridgehead atoms. The van der Waals surface area contributed by atoms with Crippen LogP contribution in [0.15, 0.2) is 6.20 Å². The Labute approximate surface area is 95.8 Å². The van der Waals surface area contributed by atoms with Gasteiger partial charge in [0, 0.05) is 12.6 Å². The first-order valence-corrected chi connectivity index (χ1v) is 5.39. The lowest BCUT2D eigenvalue weighted by molar-refractivity contribution is -0.316. The molecule has 0 radical (unpaired) electrons. The molecule has 0 aromatic carbocycles. The molecule has 1 atom stereocenters. The Morgan fingerprint density at radius 3 is 2.47 bits per heavy atom. The molecule has 1 aromatic heterocycles. The molecule has 1 aliphatic rings. The van der Waals surface area contributed by atoms with Crippen LogP contribution in [-0.2, 0) is 6.54 Å². The van der Waals surface area contributed by atoms with Crippen molar-refractivity contribution in [1.29, 1.82) is 0 Å². The number of nitrogens with zero attached hydrogens (tertiary/aromatic N) is 3. The lowest BCUT2D eigenvalue weighted by Gasteiger charge is -2.43. The van der Waals surface area contributed by atoms with Crippen LogP contribution in [-0.4, -0.2) is 26.8 Å². The normalized spacial score (nSPS) is 25.9. The molecule has 1 unspecified atom stereocenters. The van der Waals surface area contributed by atoms with E-state index in [1.165, 1.54) is 10.9 Å². The van der Waals surface area contributed by atoms with E-state index < -0.39 is 24.2 Å². The third-order valence-corrected chi connectivity index (χ3v) is 3.06. The largest absolute Gasteiger partial charge is 0.314 e. The summed E-state index contributed by atoms with van der Waals surface area (Å²) in [6.07, 6.45) is 0.730. The van der Waals surface area contributed by atoms with E-state index in [9.17, 15) is 17.6 Å². The smallest absolute Gasteiger partial charge is 0.252 e. The molecule has 0 amide bonds. The molecule has 0 aliphatic heterocycles. The molecule has 17 heavy (non-hydrogen) atoms. The molecule has 0 N–H and O–H groups in total. The Kier molecular flexibility index (Phi) is 2.67. The van der Waals surface area contributed by atoms with Crippen LogP contribution in [0.25, 0.3) is 0 Å². The average Bonchev–Trinajstić information content (AvgIpc) is 2.65. The Bertz CT molecular complexity index is 413. The highest BCUT2D eigenvalue weighted by Crippen LogP contribution is 2.55. The summed E-state index contributed by atoms with van der Waals surface area (Å²) in [6.45, 7) is 3.56. The summed E-state index contributed by atoms with van der Waals surface area (Å²) >= 11 is 0. The van der Waals surface area contributed by atoms with Gasteiger partial charge in [0.2, 0.25) is 0 Å². The SMILES string of the molecule is CC(C)c1cn(CC2CC(F)(F)C2(F)F)nn1. The van der Waals surface area contributed by atoms with E-state index in [1.807, 2.05) is 13.8 Å². The molecule has 0 spiro atoms. The van der Waals surface area contributed by atoms with Crippen molar-refractivity contribution in [2.24, 2.45) is 5.92 Å². The van der Waals surface area contributed by atoms with Crippen LogP contribution in [0.1, 0.15) is 31.9 Å². The molecule has 1 aromatic rings. The Morgan fingerprint density at radius 2 is 2.06 bits per heavy atom. The zero-order valence-corrected chi connectivity index (χ0v) is 9.50. The first-order chi connectivity index (χ1) is 7.74. The molecule has 1 saturated carbocycles. The summed E-state index contributed by atoms with van der Waals surface area (Å²) < 4.78 is 52.5. The molecule has 1 fully saturated rings. The first kappa shape index (κ1) is 12.3. The zero-order valence-electron chi connectivity index (χ0n) is 9.50. The number of halogens is 4. The maximum atomic E-state index is 13.0. The van der Waals surface area contributed by atoms with Gasteiger partial charge in [0.1, 0.15) is 0 Å². The van der Waals surface area contributed by atoms with Gasteiger partial charge in [-0.25, -0.2) is 0 Å². The standard InChI is InChI=1S/C10H13F4N3/c1-6(2)8-5-17(16-15-8)4-7-3-9(11,12)10(7,13)14/h5-7H,3-4H2,1-2H3. The lowest BCUT2D eigenvalue weighted by Crippen LogP contribution is -2.59. The topological polar surface area (TPSA) is 30.7 Å². The van der Waals surface area contributed by atoms with Crippen molar-refractivity contribution in [3.05, 3.63) is 11.9 Å². The third kappa shape index (κ3) is 1.91. The van der Waals surface area contributed by atoms with Crippen molar-refractivity contribution in [3.63, 3.8) is 0 Å². The van der Waals surface area contributed by atoms with E-state index in [2.05, 4.69) is 10.3 Å². The molecule has 0 saturated heterocycles. The second-order valence-electron chi connectivity index (χ2n) is 4.75. The van der Waals surface area contributed by atoms with Gasteiger partial charge in [0.25, 0.3) is 0 Å². The predicted octanol–water partition coefficient (Wildman–Crippen LogP) is 2.69. The second kappa shape index (κ2) is 3.68. The average molecular weight is 251 g/mol.